The quantitative estimate of drug-likeness (QED) is 0.159. The molecule has 10 aromatic carbocycles. The summed E-state index contributed by atoms with van der Waals surface area (Å²) in [5.74, 6) is 0. The first-order valence-electron chi connectivity index (χ1n) is 21.6. The molecule has 0 saturated heterocycles. The summed E-state index contributed by atoms with van der Waals surface area (Å²) in [7, 11) is 0. The van der Waals surface area contributed by atoms with Gasteiger partial charge in [0, 0.05) is 68.2 Å². The molecule has 0 fully saturated rings. The molecular formula is C60H37NOS2. The second-order valence-corrected chi connectivity index (χ2v) is 18.6. The molecule has 0 atom stereocenters. The Bertz CT molecular complexity index is 3730. The van der Waals surface area contributed by atoms with Gasteiger partial charge in [-0.3, -0.25) is 0 Å². The molecule has 2 nitrogen and oxygen atoms in total. The molecule has 13 aromatic rings. The molecule has 0 aliphatic rings. The number of para-hydroxylation sites is 1. The molecule has 0 N–H and O–H groups in total. The minimum atomic E-state index is 0.901. The summed E-state index contributed by atoms with van der Waals surface area (Å²) in [6.07, 6.45) is 0. The normalized spacial score (nSPS) is 11.8. The van der Waals surface area contributed by atoms with Gasteiger partial charge in [0.05, 0.1) is 0 Å². The zero-order valence-electron chi connectivity index (χ0n) is 34.5. The second kappa shape index (κ2) is 15.0. The minimum absolute atomic E-state index is 0.901. The highest BCUT2D eigenvalue weighted by Crippen LogP contribution is 2.44. The van der Waals surface area contributed by atoms with E-state index in [4.69, 9.17) is 4.42 Å². The lowest BCUT2D eigenvalue weighted by Gasteiger charge is -2.26. The standard InChI is InChI=1S/C60H37NOS2/c1-4-17-53-51(13-1)59-47(15-8-18-54(59)62-53)39-24-31-45(32-25-39)61(46-33-26-40(27-34-46)48-16-9-21-57-60(48)52-14-3-6-20-56(52)63-57)44-29-22-38(23-30-44)41-10-7-11-42(36-41)43-28-35-50-49-12-2-5-19-55(49)64-58(50)37-43/h1-37H. The Morgan fingerprint density at radius 2 is 0.750 bits per heavy atom. The van der Waals surface area contributed by atoms with Crippen LogP contribution in [0.15, 0.2) is 229 Å². The maximum atomic E-state index is 6.26. The van der Waals surface area contributed by atoms with E-state index in [0.29, 0.717) is 0 Å². The van der Waals surface area contributed by atoms with Crippen LogP contribution in [0.1, 0.15) is 0 Å². The average Bonchev–Trinajstić information content (AvgIpc) is 4.06. The number of benzene rings is 10. The number of thiophene rings is 2. The number of rotatable bonds is 7. The van der Waals surface area contributed by atoms with Gasteiger partial charge < -0.3 is 9.32 Å². The van der Waals surface area contributed by atoms with E-state index in [2.05, 4.69) is 217 Å². The van der Waals surface area contributed by atoms with Crippen molar-refractivity contribution in [3.05, 3.63) is 224 Å². The summed E-state index contributed by atoms with van der Waals surface area (Å²) in [6.45, 7) is 0. The van der Waals surface area contributed by atoms with Gasteiger partial charge in [0.15, 0.2) is 0 Å². The number of furan rings is 1. The fourth-order valence-corrected chi connectivity index (χ4v) is 11.9. The molecular weight excluding hydrogens is 815 g/mol. The summed E-state index contributed by atoms with van der Waals surface area (Å²) >= 11 is 3.73. The van der Waals surface area contributed by atoms with Crippen LogP contribution in [0.5, 0.6) is 0 Å². The fourth-order valence-electron chi connectivity index (χ4n) is 9.64. The number of anilines is 3. The summed E-state index contributed by atoms with van der Waals surface area (Å²) in [5.41, 5.74) is 14.7. The minimum Gasteiger partial charge on any atom is -0.456 e. The lowest BCUT2D eigenvalue weighted by atomic mass is 9.97. The highest BCUT2D eigenvalue weighted by Gasteiger charge is 2.18. The monoisotopic (exact) mass is 851 g/mol. The Balaban J connectivity index is 0.880. The van der Waals surface area contributed by atoms with Gasteiger partial charge in [-0.15, -0.1) is 22.7 Å². The Morgan fingerprint density at radius 1 is 0.281 bits per heavy atom. The molecule has 3 aromatic heterocycles. The highest BCUT2D eigenvalue weighted by molar-refractivity contribution is 7.26. The Kier molecular flexibility index (Phi) is 8.61. The van der Waals surface area contributed by atoms with Crippen LogP contribution in [0.2, 0.25) is 0 Å². The first-order valence-corrected chi connectivity index (χ1v) is 23.3. The Labute approximate surface area is 378 Å². The molecule has 300 valence electrons. The van der Waals surface area contributed by atoms with Crippen molar-refractivity contribution < 1.29 is 4.42 Å². The maximum absolute atomic E-state index is 6.26. The molecule has 64 heavy (non-hydrogen) atoms. The molecule has 3 heterocycles. The van der Waals surface area contributed by atoms with E-state index < -0.39 is 0 Å². The van der Waals surface area contributed by atoms with Gasteiger partial charge in [-0.05, 0) is 123 Å². The highest BCUT2D eigenvalue weighted by atomic mass is 32.1. The molecule has 13 rings (SSSR count). The van der Waals surface area contributed by atoms with E-state index in [1.165, 1.54) is 73.7 Å². The van der Waals surface area contributed by atoms with E-state index in [1.54, 1.807) is 0 Å². The molecule has 0 amide bonds. The van der Waals surface area contributed by atoms with Gasteiger partial charge in [0.1, 0.15) is 11.2 Å². The maximum Gasteiger partial charge on any atom is 0.136 e. The van der Waals surface area contributed by atoms with Crippen molar-refractivity contribution in [2.24, 2.45) is 0 Å². The predicted molar refractivity (Wildman–Crippen MR) is 276 cm³/mol. The van der Waals surface area contributed by atoms with E-state index in [-0.39, 0.29) is 0 Å². The summed E-state index contributed by atoms with van der Waals surface area (Å²) < 4.78 is 11.5. The largest absolute Gasteiger partial charge is 0.456 e. The summed E-state index contributed by atoms with van der Waals surface area (Å²) in [4.78, 5) is 2.36. The van der Waals surface area contributed by atoms with Gasteiger partial charge in [-0.2, -0.15) is 0 Å². The zero-order chi connectivity index (χ0) is 42.1. The van der Waals surface area contributed by atoms with Crippen LogP contribution in [-0.4, -0.2) is 0 Å². The van der Waals surface area contributed by atoms with Crippen LogP contribution in [0, 0.1) is 0 Å². The van der Waals surface area contributed by atoms with Crippen molar-refractivity contribution in [1.29, 1.82) is 0 Å². The first kappa shape index (κ1) is 36.9. The van der Waals surface area contributed by atoms with E-state index in [9.17, 15) is 0 Å². The summed E-state index contributed by atoms with van der Waals surface area (Å²) in [6, 6.07) is 81.7. The van der Waals surface area contributed by atoms with Crippen molar-refractivity contribution >= 4 is 102 Å². The number of fused-ring (bicyclic) bond motifs is 9. The van der Waals surface area contributed by atoms with Gasteiger partial charge in [0.25, 0.3) is 0 Å². The van der Waals surface area contributed by atoms with Crippen LogP contribution >= 0.6 is 22.7 Å². The van der Waals surface area contributed by atoms with Gasteiger partial charge in [-0.1, -0.05) is 146 Å². The fraction of sp³-hybridized carbons (Fsp3) is 0. The predicted octanol–water partition coefficient (Wildman–Crippen LogP) is 18.5. The molecule has 0 bridgehead atoms. The van der Waals surface area contributed by atoms with Crippen LogP contribution in [-0.2, 0) is 0 Å². The molecule has 0 spiro atoms. The lowest BCUT2D eigenvalue weighted by molar-refractivity contribution is 0.669. The molecule has 0 unspecified atom stereocenters. The number of hydrogen-bond donors (Lipinski definition) is 0. The van der Waals surface area contributed by atoms with Crippen LogP contribution < -0.4 is 4.90 Å². The topological polar surface area (TPSA) is 16.4 Å². The van der Waals surface area contributed by atoms with E-state index in [0.717, 1.165) is 50.1 Å². The number of hydrogen-bond acceptors (Lipinski definition) is 4. The van der Waals surface area contributed by atoms with Crippen LogP contribution in [0.3, 0.4) is 0 Å². The van der Waals surface area contributed by atoms with Crippen LogP contribution in [0.4, 0.5) is 17.1 Å². The van der Waals surface area contributed by atoms with Crippen molar-refractivity contribution in [1.82, 2.24) is 0 Å². The van der Waals surface area contributed by atoms with Gasteiger partial charge in [-0.25, -0.2) is 0 Å². The van der Waals surface area contributed by atoms with Crippen LogP contribution in [0.25, 0.3) is 107 Å². The Hall–Kier alpha value is -7.76. The third kappa shape index (κ3) is 6.14. The second-order valence-electron chi connectivity index (χ2n) is 16.4. The van der Waals surface area contributed by atoms with E-state index >= 15 is 0 Å². The average molecular weight is 852 g/mol. The number of nitrogens with zero attached hydrogens (tertiary/aromatic N) is 1. The smallest absolute Gasteiger partial charge is 0.136 e. The van der Waals surface area contributed by atoms with Gasteiger partial charge >= 0.3 is 0 Å². The zero-order valence-corrected chi connectivity index (χ0v) is 36.2. The third-order valence-corrected chi connectivity index (χ3v) is 15.0. The molecule has 4 heteroatoms. The molecule has 0 radical (unpaired) electrons. The first-order chi connectivity index (χ1) is 31.7. The third-order valence-electron chi connectivity index (χ3n) is 12.7. The van der Waals surface area contributed by atoms with Crippen molar-refractivity contribution in [2.75, 3.05) is 4.90 Å². The lowest BCUT2D eigenvalue weighted by Crippen LogP contribution is -2.09. The van der Waals surface area contributed by atoms with Crippen molar-refractivity contribution in [2.45, 2.75) is 0 Å². The summed E-state index contributed by atoms with van der Waals surface area (Å²) in [5, 5.41) is 7.56. The molecule has 0 aliphatic heterocycles. The van der Waals surface area contributed by atoms with Crippen molar-refractivity contribution in [3.8, 4) is 44.5 Å². The molecule has 0 aliphatic carbocycles. The SMILES string of the molecule is c1cc(-c2ccc(N(c3ccc(-c4cccc5oc6ccccc6c45)cc3)c3ccc(-c4cccc5sc6ccccc6c45)cc3)cc2)cc(-c2ccc3c(c2)sc2ccccc23)c1. The molecule has 0 saturated carbocycles. The Morgan fingerprint density at radius 3 is 1.47 bits per heavy atom. The van der Waals surface area contributed by atoms with E-state index in [1.807, 2.05) is 34.8 Å². The van der Waals surface area contributed by atoms with Crippen molar-refractivity contribution in [3.63, 3.8) is 0 Å². The van der Waals surface area contributed by atoms with Gasteiger partial charge in [0.2, 0.25) is 0 Å².